The zero-order valence-electron chi connectivity index (χ0n) is 42.3. The normalized spacial score (nSPS) is 13.2. The van der Waals surface area contributed by atoms with E-state index < -0.39 is 62.8 Å². The Labute approximate surface area is 456 Å². The van der Waals surface area contributed by atoms with Crippen molar-refractivity contribution in [1.82, 2.24) is 20.6 Å². The Hall–Kier alpha value is -7.33. The number of aromatic nitrogens is 2. The van der Waals surface area contributed by atoms with E-state index in [9.17, 15) is 39.9 Å². The van der Waals surface area contributed by atoms with E-state index >= 15 is 0 Å². The molecule has 4 atom stereocenters. The summed E-state index contributed by atoms with van der Waals surface area (Å²) in [5.41, 5.74) is 4.63. The Balaban J connectivity index is 1.08. The van der Waals surface area contributed by atoms with Crippen LogP contribution in [0.5, 0.6) is 5.75 Å². The van der Waals surface area contributed by atoms with Crippen LogP contribution in [0.25, 0.3) is 0 Å². The van der Waals surface area contributed by atoms with Gasteiger partial charge in [-0.3, -0.25) is 18.7 Å². The van der Waals surface area contributed by atoms with Gasteiger partial charge in [-0.1, -0.05) is 117 Å². The van der Waals surface area contributed by atoms with Gasteiger partial charge in [-0.2, -0.15) is 16.8 Å². The largest absolute Gasteiger partial charge is 0.497 e. The molecule has 2 heterocycles. The first-order valence-electron chi connectivity index (χ1n) is 24.7. The van der Waals surface area contributed by atoms with Gasteiger partial charge < -0.3 is 15.4 Å². The molecule has 8 rings (SSSR count). The number of benzene rings is 6. The minimum absolute atomic E-state index is 0.0299. The van der Waals surface area contributed by atoms with Gasteiger partial charge in [0.2, 0.25) is 11.8 Å². The molecule has 77 heavy (non-hydrogen) atoms. The lowest BCUT2D eigenvalue weighted by atomic mass is 9.90. The van der Waals surface area contributed by atoms with Crippen LogP contribution in [0.1, 0.15) is 87.0 Å². The molecule has 0 spiro atoms. The second-order valence-corrected chi connectivity index (χ2v) is 22.5. The fourth-order valence-corrected chi connectivity index (χ4v) is 12.3. The summed E-state index contributed by atoms with van der Waals surface area (Å²) in [5, 5.41) is 10.9. The molecule has 0 radical (unpaired) electrons. The van der Waals surface area contributed by atoms with Gasteiger partial charge in [-0.05, 0) is 115 Å². The van der Waals surface area contributed by atoms with E-state index in [-0.39, 0.29) is 35.8 Å². The molecule has 0 aliphatic heterocycles. The third-order valence-electron chi connectivity index (χ3n) is 12.9. The molecular formula is C57H57FN6O9S4. The van der Waals surface area contributed by atoms with Crippen molar-refractivity contribution in [3.05, 3.63) is 224 Å². The Morgan fingerprint density at radius 2 is 1.09 bits per heavy atom. The first-order chi connectivity index (χ1) is 37.0. The molecule has 400 valence electrons. The quantitative estimate of drug-likeness (QED) is 0.0419. The number of hydrogen-bond acceptors (Lipinski definition) is 11. The SMILES string of the molecule is CCc1csc(C(Cc2ccc(N(c3cccc(N(CC(NC(=O)C(Cc4ccccc4)c4cccc(F)c4)c4nc(CC)cs4)S(=O)(=O)O)c3)S(=O)(=O)O)cc2)NC(=O)C(Cc2ccccc2)c2cccc(OC)c2)n1. The van der Waals surface area contributed by atoms with Crippen molar-refractivity contribution < 1.29 is 44.7 Å². The molecule has 4 N–H and O–H groups in total. The van der Waals surface area contributed by atoms with Crippen molar-refractivity contribution in [2.45, 2.75) is 69.9 Å². The van der Waals surface area contributed by atoms with Gasteiger partial charge in [0, 0.05) is 10.8 Å². The molecular weight excluding hydrogens is 1060 g/mol. The third kappa shape index (κ3) is 14.6. The average molecular weight is 1120 g/mol. The second kappa shape index (κ2) is 25.2. The Kier molecular flexibility index (Phi) is 18.3. The number of halogens is 1. The zero-order valence-corrected chi connectivity index (χ0v) is 45.5. The summed E-state index contributed by atoms with van der Waals surface area (Å²) < 4.78 is 96.7. The standard InChI is InChI=1S/C57H57FN6O9S4/c1-4-44-36-74-56(59-44)52(61-54(65)51(30-39-17-10-7-11-18-39)42-20-13-24-49(33-42)73-3)31-40-25-27-46(28-26-40)64(77(70,71)72)48-23-14-22-47(34-48)63(76(67,68)69)35-53(57-60-45(5-2)37-75-57)62-55(66)50(29-38-15-8-6-9-16-38)41-19-12-21-43(58)32-41/h6-28,32-34,36-37,50-53H,4-5,29-31,35H2,1-3H3,(H,61,65)(H,62,66)(H,67,68,69)(H,70,71,72). The van der Waals surface area contributed by atoms with Crippen LogP contribution in [0.3, 0.4) is 0 Å². The molecule has 6 aromatic carbocycles. The number of thiazole rings is 2. The Morgan fingerprint density at radius 3 is 1.61 bits per heavy atom. The molecule has 0 bridgehead atoms. The molecule has 0 saturated carbocycles. The molecule has 4 unspecified atom stereocenters. The minimum Gasteiger partial charge on any atom is -0.497 e. The summed E-state index contributed by atoms with van der Waals surface area (Å²) in [4.78, 5) is 38.5. The topological polar surface area (TPSA) is 208 Å². The fraction of sp³-hybridized carbons (Fsp3) is 0.228. The number of nitrogens with one attached hydrogen (secondary N) is 2. The van der Waals surface area contributed by atoms with E-state index in [2.05, 4.69) is 15.6 Å². The zero-order chi connectivity index (χ0) is 54.7. The van der Waals surface area contributed by atoms with Crippen molar-refractivity contribution in [2.75, 3.05) is 22.3 Å². The highest BCUT2D eigenvalue weighted by Gasteiger charge is 2.33. The summed E-state index contributed by atoms with van der Waals surface area (Å²) in [6.07, 6.45) is 2.02. The van der Waals surface area contributed by atoms with Crippen LogP contribution in [0.4, 0.5) is 21.5 Å². The average Bonchev–Trinajstić information content (AvgIpc) is 4.13. The molecule has 2 aromatic heterocycles. The van der Waals surface area contributed by atoms with Crippen molar-refractivity contribution >= 4 is 72.2 Å². The number of hydrogen-bond donors (Lipinski definition) is 4. The number of aryl methyl sites for hydroxylation is 2. The van der Waals surface area contributed by atoms with Gasteiger partial charge in [0.1, 0.15) is 21.6 Å². The van der Waals surface area contributed by atoms with Gasteiger partial charge in [0.15, 0.2) is 0 Å². The highest BCUT2D eigenvalue weighted by atomic mass is 32.2. The van der Waals surface area contributed by atoms with Gasteiger partial charge in [0.05, 0.1) is 66.0 Å². The monoisotopic (exact) mass is 1120 g/mol. The number of anilines is 3. The van der Waals surface area contributed by atoms with E-state index in [0.717, 1.165) is 28.5 Å². The lowest BCUT2D eigenvalue weighted by Crippen LogP contribution is -2.42. The molecule has 20 heteroatoms. The molecule has 0 aliphatic rings. The van der Waals surface area contributed by atoms with Crippen LogP contribution < -0.4 is 24.0 Å². The highest BCUT2D eigenvalue weighted by molar-refractivity contribution is 7.87. The smallest absolute Gasteiger partial charge is 0.364 e. The van der Waals surface area contributed by atoms with Gasteiger partial charge >= 0.3 is 20.6 Å². The number of rotatable bonds is 24. The molecule has 15 nitrogen and oxygen atoms in total. The molecule has 0 aliphatic carbocycles. The minimum atomic E-state index is -5.18. The highest BCUT2D eigenvalue weighted by Crippen LogP contribution is 2.35. The number of nitrogens with zero attached hydrogens (tertiary/aromatic N) is 4. The summed E-state index contributed by atoms with van der Waals surface area (Å²) >= 11 is 2.58. The van der Waals surface area contributed by atoms with Crippen molar-refractivity contribution in [1.29, 1.82) is 0 Å². The number of ether oxygens (including phenoxy) is 1. The number of carbonyl (C=O) groups excluding carboxylic acids is 2. The molecule has 8 aromatic rings. The second-order valence-electron chi connectivity index (χ2n) is 18.1. The van der Waals surface area contributed by atoms with E-state index in [4.69, 9.17) is 9.72 Å². The lowest BCUT2D eigenvalue weighted by Gasteiger charge is -2.29. The first-order valence-corrected chi connectivity index (χ1v) is 29.2. The van der Waals surface area contributed by atoms with Crippen LogP contribution in [-0.4, -0.2) is 61.4 Å². The van der Waals surface area contributed by atoms with E-state index in [1.54, 1.807) is 30.7 Å². The summed E-state index contributed by atoms with van der Waals surface area (Å²) in [6.45, 7) is 3.25. The van der Waals surface area contributed by atoms with E-state index in [0.29, 0.717) is 60.5 Å². The maximum absolute atomic E-state index is 14.7. The number of carbonyl (C=O) groups is 2. The predicted molar refractivity (Wildman–Crippen MR) is 299 cm³/mol. The Morgan fingerprint density at radius 1 is 0.584 bits per heavy atom. The molecule has 0 saturated heterocycles. The molecule has 2 amide bonds. The van der Waals surface area contributed by atoms with E-state index in [1.807, 2.05) is 104 Å². The maximum Gasteiger partial charge on any atom is 0.364 e. The van der Waals surface area contributed by atoms with Gasteiger partial charge in [-0.25, -0.2) is 23.0 Å². The fourth-order valence-electron chi connectivity index (χ4n) is 8.92. The first kappa shape index (κ1) is 55.9. The van der Waals surface area contributed by atoms with Crippen LogP contribution in [0.2, 0.25) is 0 Å². The summed E-state index contributed by atoms with van der Waals surface area (Å²) in [7, 11) is -8.73. The number of methoxy groups -OCH3 is 1. The van der Waals surface area contributed by atoms with Crippen LogP contribution in [0.15, 0.2) is 168 Å². The van der Waals surface area contributed by atoms with Crippen molar-refractivity contribution in [3.8, 4) is 5.75 Å². The maximum atomic E-state index is 14.7. The van der Waals surface area contributed by atoms with Crippen LogP contribution >= 0.6 is 22.7 Å². The van der Waals surface area contributed by atoms with Crippen molar-refractivity contribution in [3.63, 3.8) is 0 Å². The number of amides is 2. The molecule has 0 fully saturated rings. The van der Waals surface area contributed by atoms with Crippen LogP contribution in [0, 0.1) is 5.82 Å². The Bertz CT molecular complexity index is 3510. The third-order valence-corrected chi connectivity index (χ3v) is 16.7. The summed E-state index contributed by atoms with van der Waals surface area (Å²) in [6, 6.07) is 41.5. The summed E-state index contributed by atoms with van der Waals surface area (Å²) in [5.74, 6) is -2.30. The van der Waals surface area contributed by atoms with Gasteiger partial charge in [0.25, 0.3) is 0 Å². The van der Waals surface area contributed by atoms with Crippen molar-refractivity contribution in [2.24, 2.45) is 0 Å². The van der Waals surface area contributed by atoms with Crippen LogP contribution in [-0.2, 0) is 62.3 Å². The van der Waals surface area contributed by atoms with Gasteiger partial charge in [-0.15, -0.1) is 22.7 Å². The van der Waals surface area contributed by atoms with E-state index in [1.165, 1.54) is 71.2 Å². The lowest BCUT2D eigenvalue weighted by molar-refractivity contribution is -0.124. The predicted octanol–water partition coefficient (Wildman–Crippen LogP) is 10.7.